The summed E-state index contributed by atoms with van der Waals surface area (Å²) in [4.78, 5) is 11.0. The third-order valence-electron chi connectivity index (χ3n) is 1.93. The van der Waals surface area contributed by atoms with Crippen molar-refractivity contribution >= 4 is 23.9 Å². The van der Waals surface area contributed by atoms with Crippen molar-refractivity contribution in [3.63, 3.8) is 0 Å². The molecule has 1 rings (SSSR count). The lowest BCUT2D eigenvalue weighted by molar-refractivity contribution is -0.141. The lowest BCUT2D eigenvalue weighted by Crippen LogP contribution is -2.17. The summed E-state index contributed by atoms with van der Waals surface area (Å²) in [7, 11) is 1.10. The second-order valence-electron chi connectivity index (χ2n) is 3.41. The van der Waals surface area contributed by atoms with Crippen LogP contribution < -0.4 is 0 Å². The first-order valence-corrected chi connectivity index (χ1v) is 6.40. The maximum atomic E-state index is 11.0. The van der Waals surface area contributed by atoms with E-state index in [-0.39, 0.29) is 6.61 Å². The summed E-state index contributed by atoms with van der Waals surface area (Å²) in [5, 5.41) is 0. The van der Waals surface area contributed by atoms with Gasteiger partial charge >= 0.3 is 5.97 Å². The van der Waals surface area contributed by atoms with Gasteiger partial charge < -0.3 is 4.74 Å². The molecule has 2 radical (unpaired) electrons. The highest BCUT2D eigenvalue weighted by Crippen LogP contribution is 2.06. The van der Waals surface area contributed by atoms with Crippen molar-refractivity contribution in [1.82, 2.24) is 0 Å². The van der Waals surface area contributed by atoms with E-state index >= 15 is 0 Å². The zero-order valence-corrected chi connectivity index (χ0v) is 9.81. The van der Waals surface area contributed by atoms with Crippen LogP contribution in [0.25, 0.3) is 0 Å². The quantitative estimate of drug-likeness (QED) is 0.464. The van der Waals surface area contributed by atoms with Gasteiger partial charge in [-0.25, -0.2) is 0 Å². The first-order valence-electron chi connectivity index (χ1n) is 4.79. The minimum Gasteiger partial charge on any atom is -0.460 e. The van der Waals surface area contributed by atoms with E-state index in [9.17, 15) is 13.2 Å². The Balaban J connectivity index is 2.53. The molecule has 0 aliphatic heterocycles. The van der Waals surface area contributed by atoms with Crippen molar-refractivity contribution in [2.24, 2.45) is 0 Å². The second-order valence-corrected chi connectivity index (χ2v) is 4.86. The van der Waals surface area contributed by atoms with Gasteiger partial charge in [0.1, 0.15) is 6.61 Å². The first kappa shape index (κ1) is 13.7. The van der Waals surface area contributed by atoms with Gasteiger partial charge in [0.15, 0.2) is 5.75 Å². The Bertz CT molecular complexity index is 497. The maximum Gasteiger partial charge on any atom is 0.323 e. The first-order chi connectivity index (χ1) is 7.90. The molecule has 0 atom stereocenters. The highest BCUT2D eigenvalue weighted by atomic mass is 32.2. The summed E-state index contributed by atoms with van der Waals surface area (Å²) >= 11 is 0. The van der Waals surface area contributed by atoms with Crippen LogP contribution in [0.2, 0.25) is 0 Å². The monoisotopic (exact) mass is 254 g/mol. The number of benzene rings is 1. The predicted molar refractivity (Wildman–Crippen MR) is 62.1 cm³/mol. The average molecular weight is 254 g/mol. The van der Waals surface area contributed by atoms with E-state index in [1.807, 2.05) is 6.07 Å². The minimum atomic E-state index is -4.34. The minimum absolute atomic E-state index is 0.0534. The summed E-state index contributed by atoms with van der Waals surface area (Å²) in [6.45, 7) is -0.0534. The van der Waals surface area contributed by atoms with Gasteiger partial charge in [-0.3, -0.25) is 9.35 Å². The fourth-order valence-corrected chi connectivity index (χ4v) is 1.58. The van der Waals surface area contributed by atoms with Gasteiger partial charge in [-0.05, 0) is 5.56 Å². The lowest BCUT2D eigenvalue weighted by Gasteiger charge is -2.05. The highest BCUT2D eigenvalue weighted by molar-refractivity contribution is 7.86. The number of hydrogen-bond acceptors (Lipinski definition) is 4. The Kier molecular flexibility index (Phi) is 4.71. The molecule has 0 saturated carbocycles. The van der Waals surface area contributed by atoms with E-state index in [1.165, 1.54) is 0 Å². The number of carbonyl (C=O) groups is 1. The molecular weight excluding hydrogens is 243 g/mol. The molecule has 90 valence electrons. The molecule has 7 heteroatoms. The summed E-state index contributed by atoms with van der Waals surface area (Å²) in [6, 6.07) is 7.05. The number of esters is 1. The van der Waals surface area contributed by atoms with E-state index in [0.29, 0.717) is 11.9 Å². The molecule has 0 heterocycles. The number of ether oxygens (including phenoxy) is 1. The average Bonchev–Trinajstić information content (AvgIpc) is 2.24. The zero-order chi connectivity index (χ0) is 12.9. The molecule has 0 unspecified atom stereocenters. The largest absolute Gasteiger partial charge is 0.460 e. The fourth-order valence-electron chi connectivity index (χ4n) is 1.20. The van der Waals surface area contributed by atoms with Gasteiger partial charge in [0, 0.05) is 0 Å². The van der Waals surface area contributed by atoms with Crippen molar-refractivity contribution in [3.05, 3.63) is 35.4 Å². The predicted octanol–water partition coefficient (Wildman–Crippen LogP) is 0.286. The standard InChI is InChI=1S/C10H11BO5S/c11-5-8-2-1-3-9(4-8)6-16-10(12)7-17(13,14)15/h1-4H,5-7H2,(H,13,14,15). The van der Waals surface area contributed by atoms with Crippen LogP contribution in [0.5, 0.6) is 0 Å². The van der Waals surface area contributed by atoms with Gasteiger partial charge in [-0.2, -0.15) is 8.42 Å². The molecule has 0 bridgehead atoms. The summed E-state index contributed by atoms with van der Waals surface area (Å²) in [5.41, 5.74) is 1.59. The molecular formula is C10H11BO5S. The molecule has 1 aromatic rings. The normalized spacial score (nSPS) is 11.1. The van der Waals surface area contributed by atoms with Crippen LogP contribution in [0, 0.1) is 0 Å². The van der Waals surface area contributed by atoms with Crippen LogP contribution >= 0.6 is 0 Å². The Labute approximate surface area is 101 Å². The van der Waals surface area contributed by atoms with Crippen molar-refractivity contribution < 1.29 is 22.5 Å². The Hall–Kier alpha value is -1.34. The Morgan fingerprint density at radius 2 is 2.00 bits per heavy atom. The molecule has 1 aromatic carbocycles. The van der Waals surface area contributed by atoms with Gasteiger partial charge in [0.05, 0.1) is 7.85 Å². The van der Waals surface area contributed by atoms with Crippen LogP contribution in [0.15, 0.2) is 24.3 Å². The van der Waals surface area contributed by atoms with Crippen LogP contribution in [0.3, 0.4) is 0 Å². The molecule has 0 amide bonds. The van der Waals surface area contributed by atoms with Crippen LogP contribution in [-0.4, -0.2) is 32.5 Å². The van der Waals surface area contributed by atoms with Gasteiger partial charge in [-0.1, -0.05) is 36.1 Å². The SMILES string of the molecule is [B]Cc1cccc(COC(=O)CS(=O)(=O)O)c1. The number of hydrogen-bond donors (Lipinski definition) is 1. The smallest absolute Gasteiger partial charge is 0.323 e. The Morgan fingerprint density at radius 3 is 2.59 bits per heavy atom. The van der Waals surface area contributed by atoms with Crippen LogP contribution in [0.1, 0.15) is 11.1 Å². The van der Waals surface area contributed by atoms with Crippen molar-refractivity contribution in [3.8, 4) is 0 Å². The summed E-state index contributed by atoms with van der Waals surface area (Å²) in [5.74, 6) is -2.03. The van der Waals surface area contributed by atoms with Crippen LogP contribution in [-0.2, 0) is 32.6 Å². The molecule has 1 N–H and O–H groups in total. The molecule has 0 aliphatic carbocycles. The molecule has 0 aliphatic rings. The number of rotatable bonds is 5. The van der Waals surface area contributed by atoms with E-state index in [2.05, 4.69) is 4.74 Å². The molecule has 17 heavy (non-hydrogen) atoms. The van der Waals surface area contributed by atoms with Gasteiger partial charge in [0.2, 0.25) is 0 Å². The molecule has 0 fully saturated rings. The molecule has 5 nitrogen and oxygen atoms in total. The Morgan fingerprint density at radius 1 is 1.35 bits per heavy atom. The summed E-state index contributed by atoms with van der Waals surface area (Å²) in [6.07, 6.45) is 0.368. The fraction of sp³-hybridized carbons (Fsp3) is 0.300. The summed E-state index contributed by atoms with van der Waals surface area (Å²) < 4.78 is 33.9. The van der Waals surface area contributed by atoms with Crippen LogP contribution in [0.4, 0.5) is 0 Å². The molecule has 0 spiro atoms. The lowest BCUT2D eigenvalue weighted by atomic mass is 9.96. The second kappa shape index (κ2) is 5.83. The van der Waals surface area contributed by atoms with Crippen molar-refractivity contribution in [2.75, 3.05) is 5.75 Å². The number of carbonyl (C=O) groups excluding carboxylic acids is 1. The highest BCUT2D eigenvalue weighted by Gasteiger charge is 2.14. The van der Waals surface area contributed by atoms with Crippen molar-refractivity contribution in [2.45, 2.75) is 12.9 Å². The van der Waals surface area contributed by atoms with E-state index in [0.717, 1.165) is 5.56 Å². The molecule has 0 aromatic heterocycles. The van der Waals surface area contributed by atoms with Crippen molar-refractivity contribution in [1.29, 1.82) is 0 Å². The third-order valence-corrected chi connectivity index (χ3v) is 2.53. The van der Waals surface area contributed by atoms with Gasteiger partial charge in [-0.15, -0.1) is 0 Å². The molecule has 0 saturated heterocycles. The van der Waals surface area contributed by atoms with E-state index in [1.54, 1.807) is 18.2 Å². The van der Waals surface area contributed by atoms with E-state index < -0.39 is 21.8 Å². The zero-order valence-electron chi connectivity index (χ0n) is 9.00. The van der Waals surface area contributed by atoms with Gasteiger partial charge in [0.25, 0.3) is 10.1 Å². The van der Waals surface area contributed by atoms with E-state index in [4.69, 9.17) is 12.4 Å². The maximum absolute atomic E-state index is 11.0. The topological polar surface area (TPSA) is 80.7 Å². The third kappa shape index (κ3) is 5.51.